The molecular weight excluding hydrogens is 360 g/mol. The van der Waals surface area contributed by atoms with E-state index in [4.69, 9.17) is 11.6 Å². The number of hydrogen-bond donors (Lipinski definition) is 0. The van der Waals surface area contributed by atoms with Gasteiger partial charge in [0.15, 0.2) is 0 Å². The van der Waals surface area contributed by atoms with Crippen LogP contribution in [-0.2, 0) is 16.8 Å². The molecule has 1 aromatic heterocycles. The van der Waals surface area contributed by atoms with Gasteiger partial charge in [0.2, 0.25) is 0 Å². The summed E-state index contributed by atoms with van der Waals surface area (Å²) in [6.45, 7) is 0.814. The molecule has 18 heavy (non-hydrogen) atoms. The van der Waals surface area contributed by atoms with E-state index in [0.717, 1.165) is 9.35 Å². The van der Waals surface area contributed by atoms with Crippen LogP contribution < -0.4 is 0 Å². The molecule has 0 aliphatic rings. The van der Waals surface area contributed by atoms with Crippen LogP contribution in [0.5, 0.6) is 0 Å². The molecule has 0 unspecified atom stereocenters. The Bertz CT molecular complexity index is 478. The van der Waals surface area contributed by atoms with Gasteiger partial charge in [-0.25, -0.2) is 0 Å². The van der Waals surface area contributed by atoms with Gasteiger partial charge in [-0.05, 0) is 28.4 Å². The van der Waals surface area contributed by atoms with Crippen LogP contribution in [0.25, 0.3) is 0 Å². The number of halogens is 2. The molecule has 0 aliphatic carbocycles. The molecule has 0 radical (unpaired) electrons. The Labute approximate surface area is 126 Å². The Morgan fingerprint density at radius 1 is 1.39 bits per heavy atom. The molecule has 0 amide bonds. The van der Waals surface area contributed by atoms with Crippen molar-refractivity contribution < 1.29 is 8.42 Å². The minimum absolute atomic E-state index is 0.379. The van der Waals surface area contributed by atoms with Gasteiger partial charge < -0.3 is 0 Å². The molecule has 0 aromatic carbocycles. The third kappa shape index (κ3) is 4.47. The number of alkyl halides is 1. The molecule has 0 atom stereocenters. The topological polar surface area (TPSA) is 40.6 Å². The van der Waals surface area contributed by atoms with E-state index in [-0.39, 0.29) is 0 Å². The maximum absolute atomic E-state index is 12.1. The zero-order chi connectivity index (χ0) is 13.8. The summed E-state index contributed by atoms with van der Waals surface area (Å²) in [5.41, 5.74) is 0. The standard InChI is InChI=1S/C10H16BrClN2O2S2/c1-13(5-3-4-12)18(15,16)14(2)7-10-6-9(11)8-17-10/h6,8H,3-5,7H2,1-2H3. The second-order valence-corrected chi connectivity index (χ2v) is 8.29. The molecular formula is C10H16BrClN2O2S2. The van der Waals surface area contributed by atoms with E-state index in [9.17, 15) is 8.42 Å². The summed E-state index contributed by atoms with van der Waals surface area (Å²) in [4.78, 5) is 0.999. The molecule has 1 rings (SSSR count). The summed E-state index contributed by atoms with van der Waals surface area (Å²) in [7, 11) is -0.245. The maximum atomic E-state index is 12.1. The second kappa shape index (κ2) is 7.21. The molecule has 0 spiro atoms. The Balaban J connectivity index is 2.66. The number of nitrogens with zero attached hydrogens (tertiary/aromatic N) is 2. The first-order chi connectivity index (χ1) is 8.37. The molecule has 0 N–H and O–H groups in total. The number of hydrogen-bond acceptors (Lipinski definition) is 3. The van der Waals surface area contributed by atoms with Gasteiger partial charge in [-0.15, -0.1) is 22.9 Å². The van der Waals surface area contributed by atoms with Crippen LogP contribution in [0.15, 0.2) is 15.9 Å². The van der Waals surface area contributed by atoms with Crippen molar-refractivity contribution in [2.75, 3.05) is 26.5 Å². The lowest BCUT2D eigenvalue weighted by atomic mass is 10.5. The Hall–Kier alpha value is 0.340. The summed E-state index contributed by atoms with van der Waals surface area (Å²) >= 11 is 10.5. The lowest BCUT2D eigenvalue weighted by Gasteiger charge is -2.23. The van der Waals surface area contributed by atoms with E-state index in [1.165, 1.54) is 19.9 Å². The molecule has 0 bridgehead atoms. The molecule has 8 heteroatoms. The van der Waals surface area contributed by atoms with E-state index in [2.05, 4.69) is 15.9 Å². The minimum Gasteiger partial charge on any atom is -0.195 e. The summed E-state index contributed by atoms with van der Waals surface area (Å²) < 4.78 is 28.0. The van der Waals surface area contributed by atoms with Crippen molar-refractivity contribution in [3.05, 3.63) is 20.8 Å². The summed E-state index contributed by atoms with van der Waals surface area (Å²) in [6, 6.07) is 1.93. The molecule has 0 aliphatic heterocycles. The van der Waals surface area contributed by atoms with Crippen molar-refractivity contribution in [1.82, 2.24) is 8.61 Å². The van der Waals surface area contributed by atoms with Crippen LogP contribution >= 0.6 is 38.9 Å². The summed E-state index contributed by atoms with van der Waals surface area (Å²) in [5.74, 6) is 0.460. The highest BCUT2D eigenvalue weighted by Crippen LogP contribution is 2.22. The molecule has 1 aromatic rings. The third-order valence-corrected chi connectivity index (χ3v) is 6.23. The average Bonchev–Trinajstić information content (AvgIpc) is 2.71. The van der Waals surface area contributed by atoms with E-state index in [1.807, 2.05) is 11.4 Å². The van der Waals surface area contributed by atoms with E-state index in [1.54, 1.807) is 14.1 Å². The van der Waals surface area contributed by atoms with Crippen molar-refractivity contribution in [2.24, 2.45) is 0 Å². The lowest BCUT2D eigenvalue weighted by molar-refractivity contribution is 0.391. The first-order valence-electron chi connectivity index (χ1n) is 5.34. The van der Waals surface area contributed by atoms with Crippen LogP contribution in [0.2, 0.25) is 0 Å². The van der Waals surface area contributed by atoms with E-state index >= 15 is 0 Å². The van der Waals surface area contributed by atoms with E-state index < -0.39 is 10.2 Å². The van der Waals surface area contributed by atoms with Gasteiger partial charge in [0, 0.05) is 47.8 Å². The first-order valence-corrected chi connectivity index (χ1v) is 8.95. The van der Waals surface area contributed by atoms with Gasteiger partial charge in [0.1, 0.15) is 0 Å². The quantitative estimate of drug-likeness (QED) is 0.688. The Morgan fingerprint density at radius 3 is 2.56 bits per heavy atom. The van der Waals surface area contributed by atoms with Crippen LogP contribution in [0, 0.1) is 0 Å². The SMILES string of the molecule is CN(CCCCl)S(=O)(=O)N(C)Cc1cc(Br)cs1. The monoisotopic (exact) mass is 374 g/mol. The molecule has 104 valence electrons. The van der Waals surface area contributed by atoms with Crippen molar-refractivity contribution in [1.29, 1.82) is 0 Å². The normalized spacial score (nSPS) is 12.6. The van der Waals surface area contributed by atoms with Gasteiger partial charge in [0.05, 0.1) is 0 Å². The second-order valence-electron chi connectivity index (χ2n) is 3.86. The largest absolute Gasteiger partial charge is 0.281 e. The fraction of sp³-hybridized carbons (Fsp3) is 0.600. The molecule has 1 heterocycles. The zero-order valence-corrected chi connectivity index (χ0v) is 14.2. The highest BCUT2D eigenvalue weighted by Gasteiger charge is 2.23. The van der Waals surface area contributed by atoms with Crippen LogP contribution in [0.3, 0.4) is 0 Å². The molecule has 0 saturated carbocycles. The van der Waals surface area contributed by atoms with Crippen LogP contribution in [0.4, 0.5) is 0 Å². The predicted molar refractivity (Wildman–Crippen MR) is 80.4 cm³/mol. The summed E-state index contributed by atoms with van der Waals surface area (Å²) in [6.07, 6.45) is 0.648. The maximum Gasteiger partial charge on any atom is 0.281 e. The number of thiophene rings is 1. The molecule has 4 nitrogen and oxygen atoms in total. The minimum atomic E-state index is -3.40. The third-order valence-electron chi connectivity index (χ3n) is 2.39. The smallest absolute Gasteiger partial charge is 0.195 e. The molecule has 0 saturated heterocycles. The Morgan fingerprint density at radius 2 is 2.06 bits per heavy atom. The van der Waals surface area contributed by atoms with Crippen molar-refractivity contribution in [3.8, 4) is 0 Å². The lowest BCUT2D eigenvalue weighted by Crippen LogP contribution is -2.39. The zero-order valence-electron chi connectivity index (χ0n) is 10.3. The average molecular weight is 376 g/mol. The summed E-state index contributed by atoms with van der Waals surface area (Å²) in [5, 5.41) is 1.94. The van der Waals surface area contributed by atoms with E-state index in [0.29, 0.717) is 25.4 Å². The van der Waals surface area contributed by atoms with Crippen molar-refractivity contribution in [2.45, 2.75) is 13.0 Å². The first kappa shape index (κ1) is 16.4. The fourth-order valence-corrected chi connectivity index (χ4v) is 4.22. The Kier molecular flexibility index (Phi) is 6.57. The van der Waals surface area contributed by atoms with Crippen molar-refractivity contribution >= 4 is 49.1 Å². The van der Waals surface area contributed by atoms with Crippen LogP contribution in [-0.4, -0.2) is 43.5 Å². The molecule has 0 fully saturated rings. The van der Waals surface area contributed by atoms with Gasteiger partial charge in [-0.1, -0.05) is 0 Å². The predicted octanol–water partition coefficient (Wildman–Crippen LogP) is 2.75. The van der Waals surface area contributed by atoms with Gasteiger partial charge in [-0.2, -0.15) is 17.0 Å². The van der Waals surface area contributed by atoms with Gasteiger partial charge in [-0.3, -0.25) is 0 Å². The van der Waals surface area contributed by atoms with Crippen LogP contribution in [0.1, 0.15) is 11.3 Å². The highest BCUT2D eigenvalue weighted by molar-refractivity contribution is 9.10. The van der Waals surface area contributed by atoms with Crippen molar-refractivity contribution in [3.63, 3.8) is 0 Å². The fourth-order valence-electron chi connectivity index (χ4n) is 1.37. The number of rotatable bonds is 7. The van der Waals surface area contributed by atoms with Gasteiger partial charge >= 0.3 is 0 Å². The highest BCUT2D eigenvalue weighted by atomic mass is 79.9. The van der Waals surface area contributed by atoms with Gasteiger partial charge in [0.25, 0.3) is 10.2 Å².